The molecule has 2 saturated carbocycles. The van der Waals surface area contributed by atoms with Crippen LogP contribution in [0.2, 0.25) is 0 Å². The maximum Gasteiger partial charge on any atom is 0.222 e. The van der Waals surface area contributed by atoms with Crippen molar-refractivity contribution in [3.05, 3.63) is 0 Å². The molecule has 1 N–H and O–H groups in total. The molecule has 2 aliphatic carbocycles. The molecule has 122 valence electrons. The summed E-state index contributed by atoms with van der Waals surface area (Å²) >= 11 is 0. The fraction of sp³-hybridized carbons (Fsp3) is 0.941. The Morgan fingerprint density at radius 1 is 1.24 bits per heavy atom. The molecule has 1 amide bonds. The molecule has 3 nitrogen and oxygen atoms in total. The molecule has 21 heavy (non-hydrogen) atoms. The molecule has 1 heterocycles. The minimum atomic E-state index is 0. The largest absolute Gasteiger partial charge is 0.340 e. The normalized spacial score (nSPS) is 34.2. The van der Waals surface area contributed by atoms with Gasteiger partial charge in [-0.1, -0.05) is 6.42 Å². The molecule has 0 spiro atoms. The molecule has 0 radical (unpaired) electrons. The average molecular weight is 315 g/mol. The van der Waals surface area contributed by atoms with E-state index in [1.165, 1.54) is 44.9 Å². The lowest BCUT2D eigenvalue weighted by atomic mass is 9.83. The van der Waals surface area contributed by atoms with Gasteiger partial charge < -0.3 is 10.2 Å². The van der Waals surface area contributed by atoms with E-state index >= 15 is 0 Å². The summed E-state index contributed by atoms with van der Waals surface area (Å²) in [5.41, 5.74) is 0. The van der Waals surface area contributed by atoms with E-state index in [-0.39, 0.29) is 12.4 Å². The van der Waals surface area contributed by atoms with Crippen LogP contribution in [0, 0.1) is 17.8 Å². The van der Waals surface area contributed by atoms with Crippen molar-refractivity contribution < 1.29 is 4.79 Å². The Hall–Kier alpha value is -0.280. The number of rotatable bonds is 6. The minimum absolute atomic E-state index is 0. The van der Waals surface area contributed by atoms with Crippen LogP contribution in [0.25, 0.3) is 0 Å². The van der Waals surface area contributed by atoms with Crippen molar-refractivity contribution in [1.82, 2.24) is 10.2 Å². The maximum absolute atomic E-state index is 12.4. The second-order valence-electron chi connectivity index (χ2n) is 7.26. The van der Waals surface area contributed by atoms with E-state index in [2.05, 4.69) is 10.2 Å². The first-order valence-electron chi connectivity index (χ1n) is 8.72. The molecule has 4 atom stereocenters. The van der Waals surface area contributed by atoms with Gasteiger partial charge in [0.2, 0.25) is 5.91 Å². The van der Waals surface area contributed by atoms with E-state index < -0.39 is 0 Å². The van der Waals surface area contributed by atoms with Crippen LogP contribution in [0.5, 0.6) is 0 Å². The first kappa shape index (κ1) is 17.1. The first-order valence-corrected chi connectivity index (χ1v) is 8.72. The maximum atomic E-state index is 12.4. The fourth-order valence-corrected chi connectivity index (χ4v) is 4.98. The molecule has 4 unspecified atom stereocenters. The van der Waals surface area contributed by atoms with Gasteiger partial charge in [-0.25, -0.2) is 0 Å². The van der Waals surface area contributed by atoms with Crippen LogP contribution in [0.1, 0.15) is 57.8 Å². The highest BCUT2D eigenvalue weighted by atomic mass is 35.5. The fourth-order valence-electron chi connectivity index (χ4n) is 4.98. The monoisotopic (exact) mass is 314 g/mol. The highest BCUT2D eigenvalue weighted by molar-refractivity contribution is 5.85. The number of carbonyl (C=O) groups is 1. The summed E-state index contributed by atoms with van der Waals surface area (Å²) in [6.07, 6.45) is 11.4. The van der Waals surface area contributed by atoms with Crippen LogP contribution < -0.4 is 5.32 Å². The van der Waals surface area contributed by atoms with Gasteiger partial charge in [-0.05, 0) is 76.3 Å². The van der Waals surface area contributed by atoms with Crippen molar-refractivity contribution in [2.45, 2.75) is 63.8 Å². The van der Waals surface area contributed by atoms with Crippen molar-refractivity contribution in [3.63, 3.8) is 0 Å². The number of nitrogens with zero attached hydrogens (tertiary/aromatic N) is 1. The third-order valence-corrected chi connectivity index (χ3v) is 5.97. The predicted molar refractivity (Wildman–Crippen MR) is 88.7 cm³/mol. The number of likely N-dealkylation sites (tertiary alicyclic amines) is 1. The van der Waals surface area contributed by atoms with Gasteiger partial charge in [-0.3, -0.25) is 4.79 Å². The lowest BCUT2D eigenvalue weighted by Crippen LogP contribution is -2.37. The lowest BCUT2D eigenvalue weighted by molar-refractivity contribution is -0.132. The number of carbonyl (C=O) groups excluding carboxylic acids is 1. The van der Waals surface area contributed by atoms with Gasteiger partial charge in [-0.2, -0.15) is 0 Å². The summed E-state index contributed by atoms with van der Waals surface area (Å²) in [6.45, 7) is 1.97. The van der Waals surface area contributed by atoms with Gasteiger partial charge >= 0.3 is 0 Å². The van der Waals surface area contributed by atoms with E-state index in [4.69, 9.17) is 0 Å². The van der Waals surface area contributed by atoms with E-state index in [0.717, 1.165) is 43.7 Å². The molecule has 0 aromatic rings. The van der Waals surface area contributed by atoms with Gasteiger partial charge in [0.25, 0.3) is 0 Å². The molecule has 1 aliphatic heterocycles. The van der Waals surface area contributed by atoms with Crippen molar-refractivity contribution in [3.8, 4) is 0 Å². The Morgan fingerprint density at radius 2 is 2.10 bits per heavy atom. The van der Waals surface area contributed by atoms with Gasteiger partial charge in [0.1, 0.15) is 0 Å². The number of fused-ring (bicyclic) bond motifs is 2. The zero-order valence-corrected chi connectivity index (χ0v) is 14.2. The molecule has 3 rings (SSSR count). The van der Waals surface area contributed by atoms with Crippen LogP contribution >= 0.6 is 12.4 Å². The summed E-state index contributed by atoms with van der Waals surface area (Å²) < 4.78 is 0. The van der Waals surface area contributed by atoms with Gasteiger partial charge in [0, 0.05) is 19.0 Å². The third kappa shape index (κ3) is 3.92. The van der Waals surface area contributed by atoms with Crippen molar-refractivity contribution in [2.24, 2.45) is 17.8 Å². The van der Waals surface area contributed by atoms with Crippen LogP contribution in [-0.4, -0.2) is 37.0 Å². The Balaban J connectivity index is 0.00000161. The molecular formula is C17H31ClN2O. The number of amides is 1. The first-order chi connectivity index (χ1) is 9.78. The number of nitrogens with one attached hydrogen (secondary N) is 1. The Bertz CT molecular complexity index is 350. The summed E-state index contributed by atoms with van der Waals surface area (Å²) in [6, 6.07) is 0.571. The Morgan fingerprint density at radius 3 is 2.76 bits per heavy atom. The molecule has 3 aliphatic rings. The summed E-state index contributed by atoms with van der Waals surface area (Å²) in [5.74, 6) is 3.38. The Labute approximate surface area is 135 Å². The number of hydrogen-bond donors (Lipinski definition) is 1. The van der Waals surface area contributed by atoms with Gasteiger partial charge in [-0.15, -0.1) is 12.4 Å². The van der Waals surface area contributed by atoms with Crippen LogP contribution in [0.3, 0.4) is 0 Å². The quantitative estimate of drug-likeness (QED) is 0.763. The topological polar surface area (TPSA) is 32.3 Å². The van der Waals surface area contributed by atoms with E-state index in [0.29, 0.717) is 11.9 Å². The lowest BCUT2D eigenvalue weighted by Gasteiger charge is -2.30. The zero-order chi connectivity index (χ0) is 13.9. The van der Waals surface area contributed by atoms with Crippen LogP contribution in [0.15, 0.2) is 0 Å². The van der Waals surface area contributed by atoms with Gasteiger partial charge in [0.05, 0.1) is 0 Å². The smallest absolute Gasteiger partial charge is 0.222 e. The third-order valence-electron chi connectivity index (χ3n) is 5.97. The van der Waals surface area contributed by atoms with E-state index in [1.807, 2.05) is 7.05 Å². The molecule has 4 heteroatoms. The number of hydrogen-bond acceptors (Lipinski definition) is 2. The average Bonchev–Trinajstić information content (AvgIpc) is 3.15. The molecule has 3 fully saturated rings. The SMILES string of the molecule is CNCCCC(=O)N1CCCC1CC1CC2CCC1C2.Cl. The molecule has 0 aromatic heterocycles. The van der Waals surface area contributed by atoms with Gasteiger partial charge in [0.15, 0.2) is 0 Å². The van der Waals surface area contributed by atoms with E-state index in [9.17, 15) is 4.79 Å². The Kier molecular flexibility index (Phi) is 6.36. The summed E-state index contributed by atoms with van der Waals surface area (Å²) in [4.78, 5) is 14.6. The van der Waals surface area contributed by atoms with E-state index in [1.54, 1.807) is 0 Å². The number of halogens is 1. The molecule has 0 aromatic carbocycles. The highest BCUT2D eigenvalue weighted by Gasteiger charge is 2.41. The van der Waals surface area contributed by atoms with Crippen LogP contribution in [-0.2, 0) is 4.79 Å². The second-order valence-corrected chi connectivity index (χ2v) is 7.26. The second kappa shape index (κ2) is 7.82. The minimum Gasteiger partial charge on any atom is -0.340 e. The van der Waals surface area contributed by atoms with Crippen molar-refractivity contribution in [1.29, 1.82) is 0 Å². The predicted octanol–water partition coefficient (Wildman–Crippen LogP) is 3.23. The van der Waals surface area contributed by atoms with Crippen molar-refractivity contribution in [2.75, 3.05) is 20.1 Å². The van der Waals surface area contributed by atoms with Crippen LogP contribution in [0.4, 0.5) is 0 Å². The van der Waals surface area contributed by atoms with Crippen molar-refractivity contribution >= 4 is 18.3 Å². The summed E-state index contributed by atoms with van der Waals surface area (Å²) in [7, 11) is 1.96. The summed E-state index contributed by atoms with van der Waals surface area (Å²) in [5, 5.41) is 3.13. The molecular weight excluding hydrogens is 284 g/mol. The molecule has 1 saturated heterocycles. The zero-order valence-electron chi connectivity index (χ0n) is 13.4. The highest BCUT2D eigenvalue weighted by Crippen LogP contribution is 2.50. The standard InChI is InChI=1S/C17H30N2O.ClH/c1-18-8-2-5-17(20)19-9-3-4-16(19)12-15-11-13-6-7-14(15)10-13;/h13-16,18H,2-12H2,1H3;1H. The molecule has 2 bridgehead atoms.